The topological polar surface area (TPSA) is 82.6 Å². The number of hydrogen-bond donors (Lipinski definition) is 2. The van der Waals surface area contributed by atoms with Gasteiger partial charge in [-0.3, -0.25) is 9.69 Å². The van der Waals surface area contributed by atoms with Crippen molar-refractivity contribution < 1.29 is 13.9 Å². The van der Waals surface area contributed by atoms with E-state index in [4.69, 9.17) is 4.74 Å². The highest BCUT2D eigenvalue weighted by atomic mass is 19.1. The number of anilines is 2. The van der Waals surface area contributed by atoms with E-state index in [-0.39, 0.29) is 11.7 Å². The predicted molar refractivity (Wildman–Crippen MR) is 138 cm³/mol. The van der Waals surface area contributed by atoms with Crippen LogP contribution in [0.15, 0.2) is 48.8 Å². The van der Waals surface area contributed by atoms with E-state index in [0.29, 0.717) is 29.9 Å². The van der Waals surface area contributed by atoms with Crippen LogP contribution in [-0.4, -0.2) is 73.1 Å². The molecular formula is C27H33FN6O2. The zero-order chi connectivity index (χ0) is 25.5. The zero-order valence-corrected chi connectivity index (χ0v) is 21.1. The number of halogens is 1. The SMILES string of the molecule is CNC(=O)c1cc(CCc2cnc(Nc3ccc(CN4CCN(C)CC4)cc3)nc2)c(F)c(OC)c1. The van der Waals surface area contributed by atoms with Crippen molar-refractivity contribution in [3.05, 3.63) is 76.9 Å². The lowest BCUT2D eigenvalue weighted by atomic mass is 10.0. The molecule has 1 saturated heterocycles. The molecule has 0 unspecified atom stereocenters. The second-order valence-electron chi connectivity index (χ2n) is 9.05. The summed E-state index contributed by atoms with van der Waals surface area (Å²) in [6.45, 7) is 5.36. The molecule has 1 aliphatic rings. The number of rotatable bonds is 9. The van der Waals surface area contributed by atoms with Crippen molar-refractivity contribution in [2.75, 3.05) is 52.7 Å². The lowest BCUT2D eigenvalue weighted by Crippen LogP contribution is -2.43. The van der Waals surface area contributed by atoms with Crippen molar-refractivity contribution in [1.82, 2.24) is 25.1 Å². The van der Waals surface area contributed by atoms with Crippen molar-refractivity contribution in [2.45, 2.75) is 19.4 Å². The molecule has 0 bridgehead atoms. The molecular weight excluding hydrogens is 459 g/mol. The molecule has 2 heterocycles. The fourth-order valence-corrected chi connectivity index (χ4v) is 4.18. The van der Waals surface area contributed by atoms with Crippen LogP contribution in [0, 0.1) is 5.82 Å². The molecule has 9 heteroatoms. The lowest BCUT2D eigenvalue weighted by molar-refractivity contribution is 0.0962. The molecule has 0 atom stereocenters. The highest BCUT2D eigenvalue weighted by Crippen LogP contribution is 2.24. The van der Waals surface area contributed by atoms with Gasteiger partial charge in [-0.15, -0.1) is 0 Å². The Hall–Kier alpha value is -3.56. The molecule has 0 radical (unpaired) electrons. The largest absolute Gasteiger partial charge is 0.494 e. The quantitative estimate of drug-likeness (QED) is 0.475. The fourth-order valence-electron chi connectivity index (χ4n) is 4.18. The van der Waals surface area contributed by atoms with Gasteiger partial charge in [0.1, 0.15) is 0 Å². The van der Waals surface area contributed by atoms with Crippen LogP contribution in [0.2, 0.25) is 0 Å². The first-order valence-corrected chi connectivity index (χ1v) is 12.1. The van der Waals surface area contributed by atoms with Gasteiger partial charge in [0.15, 0.2) is 11.6 Å². The normalized spacial score (nSPS) is 14.4. The molecule has 2 aromatic carbocycles. The van der Waals surface area contributed by atoms with Crippen LogP contribution >= 0.6 is 0 Å². The van der Waals surface area contributed by atoms with E-state index in [9.17, 15) is 9.18 Å². The lowest BCUT2D eigenvalue weighted by Gasteiger charge is -2.32. The maximum Gasteiger partial charge on any atom is 0.251 e. The van der Waals surface area contributed by atoms with E-state index >= 15 is 0 Å². The molecule has 36 heavy (non-hydrogen) atoms. The van der Waals surface area contributed by atoms with Crippen molar-refractivity contribution in [1.29, 1.82) is 0 Å². The van der Waals surface area contributed by atoms with Crippen molar-refractivity contribution in [3.8, 4) is 5.75 Å². The molecule has 190 valence electrons. The number of hydrogen-bond acceptors (Lipinski definition) is 7. The molecule has 4 rings (SSSR count). The Morgan fingerprint density at radius 3 is 2.36 bits per heavy atom. The van der Waals surface area contributed by atoms with Crippen LogP contribution in [-0.2, 0) is 19.4 Å². The molecule has 3 aromatic rings. The monoisotopic (exact) mass is 492 g/mol. The number of nitrogens with one attached hydrogen (secondary N) is 2. The highest BCUT2D eigenvalue weighted by Gasteiger charge is 2.16. The second kappa shape index (κ2) is 11.9. The summed E-state index contributed by atoms with van der Waals surface area (Å²) in [6.07, 6.45) is 4.38. The number of carbonyl (C=O) groups is 1. The second-order valence-corrected chi connectivity index (χ2v) is 9.05. The Kier molecular flexibility index (Phi) is 8.45. The third kappa shape index (κ3) is 6.56. The number of methoxy groups -OCH3 is 1. The summed E-state index contributed by atoms with van der Waals surface area (Å²) in [4.78, 5) is 25.6. The minimum absolute atomic E-state index is 0.0523. The smallest absolute Gasteiger partial charge is 0.251 e. The van der Waals surface area contributed by atoms with Crippen LogP contribution in [0.1, 0.15) is 27.0 Å². The van der Waals surface area contributed by atoms with Crippen LogP contribution in [0.4, 0.5) is 16.0 Å². The van der Waals surface area contributed by atoms with Gasteiger partial charge < -0.3 is 20.3 Å². The van der Waals surface area contributed by atoms with Crippen LogP contribution < -0.4 is 15.4 Å². The summed E-state index contributed by atoms with van der Waals surface area (Å²) in [6, 6.07) is 11.3. The number of benzene rings is 2. The summed E-state index contributed by atoms with van der Waals surface area (Å²) < 4.78 is 19.8. The highest BCUT2D eigenvalue weighted by molar-refractivity contribution is 5.94. The number of amides is 1. The van der Waals surface area contributed by atoms with E-state index < -0.39 is 5.82 Å². The van der Waals surface area contributed by atoms with Crippen LogP contribution in [0.3, 0.4) is 0 Å². The summed E-state index contributed by atoms with van der Waals surface area (Å²) in [7, 11) is 5.08. The van der Waals surface area contributed by atoms with Gasteiger partial charge in [0.05, 0.1) is 7.11 Å². The first-order valence-electron chi connectivity index (χ1n) is 12.1. The van der Waals surface area contributed by atoms with Crippen molar-refractivity contribution in [2.24, 2.45) is 0 Å². The fraction of sp³-hybridized carbons (Fsp3) is 0.370. The average molecular weight is 493 g/mol. The number of piperazine rings is 1. The third-order valence-electron chi connectivity index (χ3n) is 6.42. The van der Waals surface area contributed by atoms with Gasteiger partial charge >= 0.3 is 0 Å². The summed E-state index contributed by atoms with van der Waals surface area (Å²) in [5, 5.41) is 5.78. The maximum atomic E-state index is 14.7. The Morgan fingerprint density at radius 2 is 1.72 bits per heavy atom. The Morgan fingerprint density at radius 1 is 1.03 bits per heavy atom. The van der Waals surface area contributed by atoms with E-state index in [1.54, 1.807) is 18.5 Å². The number of aromatic nitrogens is 2. The van der Waals surface area contributed by atoms with E-state index in [1.807, 2.05) is 12.1 Å². The summed E-state index contributed by atoms with van der Waals surface area (Å²) in [5.41, 5.74) is 3.84. The van der Waals surface area contributed by atoms with E-state index in [0.717, 1.165) is 44.0 Å². The van der Waals surface area contributed by atoms with Gasteiger partial charge in [0, 0.05) is 63.4 Å². The Labute approximate surface area is 211 Å². The number of likely N-dealkylation sites (N-methyl/N-ethyl adjacent to an activating group) is 1. The van der Waals surface area contributed by atoms with Crippen molar-refractivity contribution in [3.63, 3.8) is 0 Å². The first-order chi connectivity index (χ1) is 17.4. The predicted octanol–water partition coefficient (Wildman–Crippen LogP) is 3.26. The third-order valence-corrected chi connectivity index (χ3v) is 6.42. The van der Waals surface area contributed by atoms with Gasteiger partial charge in [0.25, 0.3) is 5.91 Å². The minimum Gasteiger partial charge on any atom is -0.494 e. The van der Waals surface area contributed by atoms with Crippen molar-refractivity contribution >= 4 is 17.5 Å². The number of nitrogens with zero attached hydrogens (tertiary/aromatic N) is 4. The molecule has 1 aromatic heterocycles. The van der Waals surface area contributed by atoms with Gasteiger partial charge in [-0.25, -0.2) is 14.4 Å². The van der Waals surface area contributed by atoms with E-state index in [1.165, 1.54) is 25.8 Å². The Balaban J connectivity index is 1.33. The molecule has 0 spiro atoms. The average Bonchev–Trinajstić information content (AvgIpc) is 2.91. The molecule has 2 N–H and O–H groups in total. The number of aryl methyl sites for hydroxylation is 2. The number of ether oxygens (including phenoxy) is 1. The molecule has 0 saturated carbocycles. The van der Waals surface area contributed by atoms with Crippen LogP contribution in [0.25, 0.3) is 0 Å². The van der Waals surface area contributed by atoms with E-state index in [2.05, 4.69) is 49.6 Å². The molecule has 8 nitrogen and oxygen atoms in total. The molecule has 1 aliphatic heterocycles. The molecule has 1 amide bonds. The standard InChI is InChI=1S/C27H33FN6O2/c1-29-26(35)22-14-21(25(28)24(15-22)36-3)7-4-20-16-30-27(31-17-20)32-23-8-5-19(6-9-23)18-34-12-10-33(2)11-13-34/h5-6,8-9,14-17H,4,7,10-13,18H2,1-3H3,(H,29,35)(H,30,31,32). The maximum absolute atomic E-state index is 14.7. The molecule has 0 aliphatic carbocycles. The summed E-state index contributed by atoms with van der Waals surface area (Å²) in [5.74, 6) is -0.197. The zero-order valence-electron chi connectivity index (χ0n) is 21.1. The van der Waals surface area contributed by atoms with Gasteiger partial charge in [0.2, 0.25) is 5.95 Å². The van der Waals surface area contributed by atoms with Gasteiger partial charge in [-0.05, 0) is 60.8 Å². The Bertz CT molecular complexity index is 1160. The van der Waals surface area contributed by atoms with Gasteiger partial charge in [-0.1, -0.05) is 12.1 Å². The van der Waals surface area contributed by atoms with Crippen LogP contribution in [0.5, 0.6) is 5.75 Å². The minimum atomic E-state index is -0.458. The van der Waals surface area contributed by atoms with Gasteiger partial charge in [-0.2, -0.15) is 0 Å². The summed E-state index contributed by atoms with van der Waals surface area (Å²) >= 11 is 0. The molecule has 1 fully saturated rings. The number of carbonyl (C=O) groups excluding carboxylic acids is 1. The first kappa shape index (κ1) is 25.5.